The predicted molar refractivity (Wildman–Crippen MR) is 78.3 cm³/mol. The third-order valence-corrected chi connectivity index (χ3v) is 3.99. The second-order valence-electron chi connectivity index (χ2n) is 5.41. The van der Waals surface area contributed by atoms with Gasteiger partial charge in [0.15, 0.2) is 0 Å². The zero-order valence-corrected chi connectivity index (χ0v) is 11.8. The van der Waals surface area contributed by atoms with Crippen LogP contribution in [0.3, 0.4) is 0 Å². The summed E-state index contributed by atoms with van der Waals surface area (Å²) in [6.45, 7) is 6.13. The fourth-order valence-electron chi connectivity index (χ4n) is 2.63. The minimum atomic E-state index is -0.429. The maximum Gasteiger partial charge on any atom is 0.250 e. The number of likely N-dealkylation sites (N-methyl/N-ethyl adjacent to an activating group) is 1. The van der Waals surface area contributed by atoms with E-state index < -0.39 is 5.91 Å². The number of benzene rings is 1. The molecule has 2 unspecified atom stereocenters. The first-order valence-corrected chi connectivity index (χ1v) is 6.56. The van der Waals surface area contributed by atoms with E-state index in [9.17, 15) is 4.79 Å². The van der Waals surface area contributed by atoms with Gasteiger partial charge in [-0.3, -0.25) is 9.69 Å². The van der Waals surface area contributed by atoms with E-state index in [2.05, 4.69) is 30.7 Å². The zero-order chi connectivity index (χ0) is 14.2. The van der Waals surface area contributed by atoms with Crippen molar-refractivity contribution in [2.75, 3.05) is 30.8 Å². The lowest BCUT2D eigenvalue weighted by Crippen LogP contribution is -2.55. The average Bonchev–Trinajstić information content (AvgIpc) is 2.35. The number of piperazine rings is 1. The number of nitrogen functional groups attached to an aromatic ring is 1. The van der Waals surface area contributed by atoms with E-state index in [0.29, 0.717) is 23.3 Å². The molecule has 1 aliphatic heterocycles. The summed E-state index contributed by atoms with van der Waals surface area (Å²) in [6.07, 6.45) is 0. The Morgan fingerprint density at radius 3 is 2.37 bits per heavy atom. The normalized spacial score (nSPS) is 24.5. The number of amides is 1. The van der Waals surface area contributed by atoms with Gasteiger partial charge in [-0.1, -0.05) is 0 Å². The highest BCUT2D eigenvalue weighted by Crippen LogP contribution is 2.26. The Bertz CT molecular complexity index is 476. The number of nitrogens with two attached hydrogens (primary N) is 2. The van der Waals surface area contributed by atoms with Crippen molar-refractivity contribution in [1.82, 2.24) is 4.90 Å². The van der Waals surface area contributed by atoms with E-state index in [4.69, 9.17) is 11.5 Å². The third-order valence-electron chi connectivity index (χ3n) is 3.99. The van der Waals surface area contributed by atoms with Crippen molar-refractivity contribution in [2.45, 2.75) is 25.9 Å². The van der Waals surface area contributed by atoms with Crippen LogP contribution in [0.2, 0.25) is 0 Å². The number of carbonyl (C=O) groups excluding carboxylic acids is 1. The molecule has 1 fully saturated rings. The number of anilines is 2. The fourth-order valence-corrected chi connectivity index (χ4v) is 2.63. The summed E-state index contributed by atoms with van der Waals surface area (Å²) < 4.78 is 0. The molecule has 0 aliphatic carbocycles. The lowest BCUT2D eigenvalue weighted by molar-refractivity contribution is 0.1000. The Morgan fingerprint density at radius 1 is 1.26 bits per heavy atom. The SMILES string of the molecule is CC1CN(c2ccc(N)cc2C(N)=O)CC(C)N1C. The molecule has 1 aliphatic rings. The van der Waals surface area contributed by atoms with Gasteiger partial charge >= 0.3 is 0 Å². The van der Waals surface area contributed by atoms with E-state index in [-0.39, 0.29) is 0 Å². The number of carbonyl (C=O) groups is 1. The summed E-state index contributed by atoms with van der Waals surface area (Å²) in [4.78, 5) is 16.1. The van der Waals surface area contributed by atoms with E-state index in [1.165, 1.54) is 0 Å². The summed E-state index contributed by atoms with van der Waals surface area (Å²) >= 11 is 0. The molecule has 1 heterocycles. The molecule has 0 spiro atoms. The molecule has 2 rings (SSSR count). The van der Waals surface area contributed by atoms with E-state index in [0.717, 1.165) is 18.8 Å². The molecule has 5 nitrogen and oxygen atoms in total. The largest absolute Gasteiger partial charge is 0.399 e. The third kappa shape index (κ3) is 2.66. The number of hydrogen-bond donors (Lipinski definition) is 2. The molecule has 0 radical (unpaired) electrons. The van der Waals surface area contributed by atoms with Crippen molar-refractivity contribution >= 4 is 17.3 Å². The first-order valence-electron chi connectivity index (χ1n) is 6.56. The molecule has 2 atom stereocenters. The minimum Gasteiger partial charge on any atom is -0.399 e. The Labute approximate surface area is 114 Å². The lowest BCUT2D eigenvalue weighted by atomic mass is 10.0. The second-order valence-corrected chi connectivity index (χ2v) is 5.41. The van der Waals surface area contributed by atoms with Gasteiger partial charge in [0.2, 0.25) is 0 Å². The smallest absolute Gasteiger partial charge is 0.250 e. The molecule has 0 bridgehead atoms. The summed E-state index contributed by atoms with van der Waals surface area (Å²) in [5, 5.41) is 0. The quantitative estimate of drug-likeness (QED) is 0.776. The summed E-state index contributed by atoms with van der Waals surface area (Å²) in [7, 11) is 2.13. The highest BCUT2D eigenvalue weighted by molar-refractivity contribution is 5.99. The molecule has 19 heavy (non-hydrogen) atoms. The van der Waals surface area contributed by atoms with Crippen LogP contribution in [0.15, 0.2) is 18.2 Å². The lowest BCUT2D eigenvalue weighted by Gasteiger charge is -2.44. The van der Waals surface area contributed by atoms with Gasteiger partial charge in [-0.05, 0) is 39.1 Å². The summed E-state index contributed by atoms with van der Waals surface area (Å²) in [6, 6.07) is 6.23. The number of hydrogen-bond acceptors (Lipinski definition) is 4. The van der Waals surface area contributed by atoms with Gasteiger partial charge in [-0.15, -0.1) is 0 Å². The van der Waals surface area contributed by atoms with Gasteiger partial charge in [-0.2, -0.15) is 0 Å². The first-order chi connectivity index (χ1) is 8.90. The molecule has 1 amide bonds. The van der Waals surface area contributed by atoms with Crippen molar-refractivity contribution in [3.63, 3.8) is 0 Å². The molecular weight excluding hydrogens is 240 g/mol. The monoisotopic (exact) mass is 262 g/mol. The fraction of sp³-hybridized carbons (Fsp3) is 0.500. The molecular formula is C14H22N4O. The van der Waals surface area contributed by atoms with Crippen LogP contribution in [0.25, 0.3) is 0 Å². The standard InChI is InChI=1S/C14H22N4O/c1-9-7-18(8-10(2)17(9)3)13-5-4-11(15)6-12(13)14(16)19/h4-6,9-10H,7-8,15H2,1-3H3,(H2,16,19). The van der Waals surface area contributed by atoms with E-state index in [1.807, 2.05) is 12.1 Å². The van der Waals surface area contributed by atoms with Crippen molar-refractivity contribution in [1.29, 1.82) is 0 Å². The topological polar surface area (TPSA) is 75.6 Å². The molecule has 0 saturated carbocycles. The molecule has 1 aromatic rings. The molecule has 4 N–H and O–H groups in total. The summed E-state index contributed by atoms with van der Waals surface area (Å²) in [5.41, 5.74) is 13.1. The summed E-state index contributed by atoms with van der Waals surface area (Å²) in [5.74, 6) is -0.429. The molecule has 104 valence electrons. The van der Waals surface area contributed by atoms with Gasteiger partial charge in [0, 0.05) is 36.5 Å². The van der Waals surface area contributed by atoms with Crippen LogP contribution in [0.5, 0.6) is 0 Å². The maximum atomic E-state index is 11.6. The van der Waals surface area contributed by atoms with Crippen molar-refractivity contribution in [3.8, 4) is 0 Å². The van der Waals surface area contributed by atoms with Gasteiger partial charge < -0.3 is 16.4 Å². The van der Waals surface area contributed by atoms with Crippen LogP contribution in [0.1, 0.15) is 24.2 Å². The van der Waals surface area contributed by atoms with Gasteiger partial charge in [0.1, 0.15) is 0 Å². The van der Waals surface area contributed by atoms with Gasteiger partial charge in [0.25, 0.3) is 5.91 Å². The molecule has 5 heteroatoms. The Balaban J connectivity index is 2.34. The molecule has 1 aromatic carbocycles. The van der Waals surface area contributed by atoms with Crippen molar-refractivity contribution < 1.29 is 4.79 Å². The van der Waals surface area contributed by atoms with E-state index in [1.54, 1.807) is 6.07 Å². The van der Waals surface area contributed by atoms with Gasteiger partial charge in [-0.25, -0.2) is 0 Å². The molecule has 1 saturated heterocycles. The first kappa shape index (κ1) is 13.7. The Morgan fingerprint density at radius 2 is 1.84 bits per heavy atom. The van der Waals surface area contributed by atoms with Crippen LogP contribution in [0.4, 0.5) is 11.4 Å². The Kier molecular flexibility index (Phi) is 3.66. The van der Waals surface area contributed by atoms with Crippen LogP contribution in [0, 0.1) is 0 Å². The van der Waals surface area contributed by atoms with Crippen LogP contribution < -0.4 is 16.4 Å². The average molecular weight is 262 g/mol. The van der Waals surface area contributed by atoms with E-state index >= 15 is 0 Å². The number of rotatable bonds is 2. The highest BCUT2D eigenvalue weighted by atomic mass is 16.1. The van der Waals surface area contributed by atoms with Crippen molar-refractivity contribution in [3.05, 3.63) is 23.8 Å². The predicted octanol–water partition coefficient (Wildman–Crippen LogP) is 0.897. The van der Waals surface area contributed by atoms with Crippen LogP contribution >= 0.6 is 0 Å². The zero-order valence-electron chi connectivity index (χ0n) is 11.8. The maximum absolute atomic E-state index is 11.6. The van der Waals surface area contributed by atoms with Crippen LogP contribution in [-0.4, -0.2) is 43.0 Å². The molecule has 0 aromatic heterocycles. The van der Waals surface area contributed by atoms with Crippen LogP contribution in [-0.2, 0) is 0 Å². The number of primary amides is 1. The number of nitrogens with zero attached hydrogens (tertiary/aromatic N) is 2. The Hall–Kier alpha value is -1.75. The highest BCUT2D eigenvalue weighted by Gasteiger charge is 2.28. The van der Waals surface area contributed by atoms with Gasteiger partial charge in [0.05, 0.1) is 5.56 Å². The second kappa shape index (κ2) is 5.09. The van der Waals surface area contributed by atoms with Crippen molar-refractivity contribution in [2.24, 2.45) is 5.73 Å². The minimum absolute atomic E-state index is 0.429.